The molecule has 1 aromatic carbocycles. The summed E-state index contributed by atoms with van der Waals surface area (Å²) >= 11 is 5.51. The van der Waals surface area contributed by atoms with E-state index in [1.54, 1.807) is 13.0 Å². The highest BCUT2D eigenvalue weighted by Crippen LogP contribution is 2.36. The van der Waals surface area contributed by atoms with Gasteiger partial charge in [-0.25, -0.2) is 13.4 Å². The Balaban J connectivity index is 2.05. The Hall–Kier alpha value is -2.33. The lowest BCUT2D eigenvalue weighted by atomic mass is 10.2. The number of nitrogens with one attached hydrogen (secondary N) is 1. The zero-order valence-corrected chi connectivity index (χ0v) is 14.1. The summed E-state index contributed by atoms with van der Waals surface area (Å²) in [6.07, 6.45) is -3.41. The molecule has 0 atom stereocenters. The number of alkyl halides is 3. The summed E-state index contributed by atoms with van der Waals surface area (Å²) in [5.41, 5.74) is -0.235. The van der Waals surface area contributed by atoms with Crippen molar-refractivity contribution in [2.75, 3.05) is 4.72 Å². The Labute approximate surface area is 145 Å². The third-order valence-electron chi connectivity index (χ3n) is 3.27. The third-order valence-corrected chi connectivity index (χ3v) is 4.95. The number of benzene rings is 1. The van der Waals surface area contributed by atoms with Crippen molar-refractivity contribution < 1.29 is 21.6 Å². The molecule has 0 aliphatic rings. The zero-order valence-electron chi connectivity index (χ0n) is 12.5. The van der Waals surface area contributed by atoms with E-state index in [4.69, 9.17) is 11.6 Å². The number of aryl methyl sites for hydroxylation is 1. The highest BCUT2D eigenvalue weighted by molar-refractivity contribution is 7.92. The Morgan fingerprint density at radius 1 is 1.20 bits per heavy atom. The molecule has 25 heavy (non-hydrogen) atoms. The van der Waals surface area contributed by atoms with Crippen LogP contribution in [-0.2, 0) is 16.2 Å². The number of rotatable bonds is 3. The number of fused-ring (bicyclic) bond motifs is 1. The number of nitrogens with zero attached hydrogens (tertiary/aromatic N) is 3. The van der Waals surface area contributed by atoms with Gasteiger partial charge in [0, 0.05) is 12.3 Å². The molecule has 3 aromatic rings. The second-order valence-corrected chi connectivity index (χ2v) is 7.22. The van der Waals surface area contributed by atoms with Gasteiger partial charge in [-0.05, 0) is 31.2 Å². The maximum atomic E-state index is 12.9. The summed E-state index contributed by atoms with van der Waals surface area (Å²) in [4.78, 5) is 3.45. The van der Waals surface area contributed by atoms with Crippen molar-refractivity contribution in [2.24, 2.45) is 0 Å². The van der Waals surface area contributed by atoms with E-state index in [0.29, 0.717) is 17.4 Å². The lowest BCUT2D eigenvalue weighted by molar-refractivity contribution is -0.137. The summed E-state index contributed by atoms with van der Waals surface area (Å²) in [5, 5.41) is 3.51. The van der Waals surface area contributed by atoms with E-state index in [-0.39, 0.29) is 5.82 Å². The van der Waals surface area contributed by atoms with Crippen LogP contribution in [0.25, 0.3) is 5.65 Å². The largest absolute Gasteiger partial charge is 0.417 e. The molecule has 11 heteroatoms. The van der Waals surface area contributed by atoms with Crippen LogP contribution < -0.4 is 4.72 Å². The molecule has 0 saturated carbocycles. The van der Waals surface area contributed by atoms with Crippen LogP contribution in [0.3, 0.4) is 0 Å². The minimum absolute atomic E-state index is 0.0432. The monoisotopic (exact) mass is 390 g/mol. The van der Waals surface area contributed by atoms with Crippen LogP contribution >= 0.6 is 11.6 Å². The first-order valence-corrected chi connectivity index (χ1v) is 8.65. The van der Waals surface area contributed by atoms with Crippen LogP contribution in [0.15, 0.2) is 41.4 Å². The molecule has 132 valence electrons. The normalized spacial score (nSPS) is 12.5. The van der Waals surface area contributed by atoms with Gasteiger partial charge in [0.25, 0.3) is 10.0 Å². The number of anilines is 1. The molecule has 0 aliphatic carbocycles. The zero-order chi connectivity index (χ0) is 18.4. The Morgan fingerprint density at radius 2 is 1.92 bits per heavy atom. The van der Waals surface area contributed by atoms with Crippen molar-refractivity contribution in [3.63, 3.8) is 0 Å². The smallest absolute Gasteiger partial charge is 0.263 e. The molecular weight excluding hydrogens is 381 g/mol. The van der Waals surface area contributed by atoms with E-state index in [1.165, 1.54) is 16.8 Å². The highest BCUT2D eigenvalue weighted by atomic mass is 35.5. The van der Waals surface area contributed by atoms with Crippen LogP contribution in [0.2, 0.25) is 5.02 Å². The average molecular weight is 391 g/mol. The van der Waals surface area contributed by atoms with Gasteiger partial charge in [-0.3, -0.25) is 4.72 Å². The van der Waals surface area contributed by atoms with E-state index in [1.807, 2.05) is 0 Å². The Kier molecular flexibility index (Phi) is 4.12. The molecule has 0 radical (unpaired) electrons. The van der Waals surface area contributed by atoms with Crippen LogP contribution in [0.5, 0.6) is 0 Å². The SMILES string of the molecule is Cc1cc2nccc(NS(=O)(=O)c3ccc(Cl)c(C(F)(F)F)c3)n2n1. The number of halogens is 4. The molecule has 0 bridgehead atoms. The van der Waals surface area contributed by atoms with Crippen LogP contribution in [0.4, 0.5) is 19.0 Å². The van der Waals surface area contributed by atoms with E-state index in [0.717, 1.165) is 12.1 Å². The fraction of sp³-hybridized carbons (Fsp3) is 0.143. The summed E-state index contributed by atoms with van der Waals surface area (Å²) in [5.74, 6) is 0.0432. The highest BCUT2D eigenvalue weighted by Gasteiger charge is 2.34. The first kappa shape index (κ1) is 17.5. The second-order valence-electron chi connectivity index (χ2n) is 5.13. The van der Waals surface area contributed by atoms with Crippen molar-refractivity contribution in [1.82, 2.24) is 14.6 Å². The molecule has 0 saturated heterocycles. The van der Waals surface area contributed by atoms with Crippen molar-refractivity contribution in [3.8, 4) is 0 Å². The van der Waals surface area contributed by atoms with Crippen LogP contribution in [0, 0.1) is 6.92 Å². The third kappa shape index (κ3) is 3.40. The van der Waals surface area contributed by atoms with Gasteiger partial charge in [0.1, 0.15) is 5.82 Å². The number of aromatic nitrogens is 3. The first-order chi connectivity index (χ1) is 11.6. The maximum Gasteiger partial charge on any atom is 0.417 e. The van der Waals surface area contributed by atoms with E-state index >= 15 is 0 Å². The minimum atomic E-state index is -4.77. The van der Waals surface area contributed by atoms with Crippen molar-refractivity contribution >= 4 is 33.1 Å². The summed E-state index contributed by atoms with van der Waals surface area (Å²) < 4.78 is 67.2. The van der Waals surface area contributed by atoms with Crippen molar-refractivity contribution in [3.05, 3.63) is 52.8 Å². The summed E-state index contributed by atoms with van der Waals surface area (Å²) in [7, 11) is -4.29. The fourth-order valence-corrected chi connectivity index (χ4v) is 3.47. The molecular formula is C14H10ClF3N4O2S. The van der Waals surface area contributed by atoms with Gasteiger partial charge < -0.3 is 0 Å². The molecule has 0 amide bonds. The van der Waals surface area contributed by atoms with Gasteiger partial charge in [0.05, 0.1) is 21.2 Å². The predicted molar refractivity (Wildman–Crippen MR) is 85.0 cm³/mol. The molecule has 0 unspecified atom stereocenters. The number of hydrogen-bond acceptors (Lipinski definition) is 4. The summed E-state index contributed by atoms with van der Waals surface area (Å²) in [6, 6.07) is 5.34. The lowest BCUT2D eigenvalue weighted by Crippen LogP contribution is -2.17. The first-order valence-electron chi connectivity index (χ1n) is 6.79. The Morgan fingerprint density at radius 3 is 2.60 bits per heavy atom. The molecule has 2 aromatic heterocycles. The van der Waals surface area contributed by atoms with Crippen LogP contribution in [-0.4, -0.2) is 23.0 Å². The average Bonchev–Trinajstić information content (AvgIpc) is 2.87. The maximum absolute atomic E-state index is 12.9. The van der Waals surface area contributed by atoms with E-state index in [9.17, 15) is 21.6 Å². The molecule has 6 nitrogen and oxygen atoms in total. The standard InChI is InChI=1S/C14H10ClF3N4O2S/c1-8-6-13-19-5-4-12(22(13)20-8)21-25(23,24)9-2-3-11(15)10(7-9)14(16,17)18/h2-7,21H,1H3. The topological polar surface area (TPSA) is 76.4 Å². The summed E-state index contributed by atoms with van der Waals surface area (Å²) in [6.45, 7) is 1.70. The van der Waals surface area contributed by atoms with E-state index < -0.39 is 31.7 Å². The van der Waals surface area contributed by atoms with Gasteiger partial charge in [-0.15, -0.1) is 0 Å². The minimum Gasteiger partial charge on any atom is -0.263 e. The van der Waals surface area contributed by atoms with Gasteiger partial charge in [0.15, 0.2) is 5.65 Å². The molecule has 3 rings (SSSR count). The van der Waals surface area contributed by atoms with Crippen LogP contribution in [0.1, 0.15) is 11.3 Å². The van der Waals surface area contributed by atoms with Gasteiger partial charge in [-0.2, -0.15) is 22.8 Å². The molecule has 0 spiro atoms. The quantitative estimate of drug-likeness (QED) is 0.742. The Bertz CT molecular complexity index is 1060. The fourth-order valence-electron chi connectivity index (χ4n) is 2.17. The van der Waals surface area contributed by atoms with E-state index in [2.05, 4.69) is 14.8 Å². The van der Waals surface area contributed by atoms with Crippen molar-refractivity contribution in [1.29, 1.82) is 0 Å². The van der Waals surface area contributed by atoms with Gasteiger partial charge in [-0.1, -0.05) is 11.6 Å². The molecule has 1 N–H and O–H groups in total. The molecule has 0 aliphatic heterocycles. The number of sulfonamides is 1. The van der Waals surface area contributed by atoms with Crippen molar-refractivity contribution in [2.45, 2.75) is 18.0 Å². The number of hydrogen-bond donors (Lipinski definition) is 1. The predicted octanol–water partition coefficient (Wildman–Crippen LogP) is 3.51. The lowest BCUT2D eigenvalue weighted by Gasteiger charge is -2.13. The van der Waals surface area contributed by atoms with Gasteiger partial charge >= 0.3 is 6.18 Å². The molecule has 2 heterocycles. The molecule has 0 fully saturated rings. The second kappa shape index (κ2) is 5.88. The van der Waals surface area contributed by atoms with Gasteiger partial charge in [0.2, 0.25) is 0 Å².